The monoisotopic (exact) mass is 307 g/mol. The van der Waals surface area contributed by atoms with Crippen molar-refractivity contribution in [1.82, 2.24) is 15.0 Å². The zero-order chi connectivity index (χ0) is 16.6. The minimum atomic E-state index is -0.957. The Bertz CT molecular complexity index is 897. The lowest BCUT2D eigenvalue weighted by Gasteiger charge is -2.06. The van der Waals surface area contributed by atoms with Gasteiger partial charge >= 0.3 is 5.97 Å². The summed E-state index contributed by atoms with van der Waals surface area (Å²) < 4.78 is 1.62. The molecule has 0 bridgehead atoms. The molecular weight excluding hydrogens is 290 g/mol. The Labute approximate surface area is 134 Å². The van der Waals surface area contributed by atoms with E-state index in [0.717, 1.165) is 27.9 Å². The standard InChI is InChI=1S/C18H17N3O2/c1-11-4-5-12(2)15(8-11)16-10-21(20-19-16)17-9-14(18(22)23)7-6-13(17)3/h4-10H,1-3H3,(H,22,23). The first-order valence-corrected chi connectivity index (χ1v) is 7.30. The number of carboxylic acids is 1. The molecule has 3 rings (SSSR count). The number of hydrogen-bond donors (Lipinski definition) is 1. The summed E-state index contributed by atoms with van der Waals surface area (Å²) in [6.45, 7) is 5.98. The molecule has 0 aliphatic carbocycles. The number of benzene rings is 2. The lowest BCUT2D eigenvalue weighted by molar-refractivity contribution is 0.0697. The third kappa shape index (κ3) is 2.85. The molecule has 1 N–H and O–H groups in total. The van der Waals surface area contributed by atoms with Crippen LogP contribution in [-0.4, -0.2) is 26.1 Å². The van der Waals surface area contributed by atoms with Gasteiger partial charge in [0.2, 0.25) is 0 Å². The Morgan fingerprint density at radius 3 is 2.52 bits per heavy atom. The predicted octanol–water partition coefficient (Wildman–Crippen LogP) is 3.56. The molecule has 3 aromatic rings. The van der Waals surface area contributed by atoms with E-state index in [1.165, 1.54) is 0 Å². The number of rotatable bonds is 3. The number of carboxylic acid groups (broad SMARTS) is 1. The molecule has 0 saturated heterocycles. The summed E-state index contributed by atoms with van der Waals surface area (Å²) in [6, 6.07) is 11.2. The van der Waals surface area contributed by atoms with E-state index in [2.05, 4.69) is 28.5 Å². The molecule has 0 fully saturated rings. The number of aromatic carboxylic acids is 1. The fraction of sp³-hybridized carbons (Fsp3) is 0.167. The molecule has 0 saturated carbocycles. The van der Waals surface area contributed by atoms with E-state index in [9.17, 15) is 4.79 Å². The predicted molar refractivity (Wildman–Crippen MR) is 88.0 cm³/mol. The van der Waals surface area contributed by atoms with Gasteiger partial charge in [0.1, 0.15) is 5.69 Å². The molecule has 0 unspecified atom stereocenters. The molecule has 5 heteroatoms. The zero-order valence-corrected chi connectivity index (χ0v) is 13.2. The van der Waals surface area contributed by atoms with Crippen molar-refractivity contribution in [3.8, 4) is 16.9 Å². The maximum Gasteiger partial charge on any atom is 0.335 e. The summed E-state index contributed by atoms with van der Waals surface area (Å²) in [6.07, 6.45) is 1.83. The van der Waals surface area contributed by atoms with Crippen molar-refractivity contribution in [3.63, 3.8) is 0 Å². The number of aromatic nitrogens is 3. The van der Waals surface area contributed by atoms with Crippen molar-refractivity contribution in [2.24, 2.45) is 0 Å². The van der Waals surface area contributed by atoms with Crippen molar-refractivity contribution in [2.45, 2.75) is 20.8 Å². The van der Waals surface area contributed by atoms with Gasteiger partial charge in [-0.1, -0.05) is 29.0 Å². The minimum Gasteiger partial charge on any atom is -0.478 e. The van der Waals surface area contributed by atoms with Crippen molar-refractivity contribution in [3.05, 3.63) is 64.8 Å². The Kier molecular flexibility index (Phi) is 3.70. The van der Waals surface area contributed by atoms with Gasteiger partial charge in [-0.25, -0.2) is 9.48 Å². The molecule has 0 atom stereocenters. The van der Waals surface area contributed by atoms with E-state index < -0.39 is 5.97 Å². The van der Waals surface area contributed by atoms with Crippen molar-refractivity contribution in [1.29, 1.82) is 0 Å². The second-order valence-electron chi connectivity index (χ2n) is 5.67. The van der Waals surface area contributed by atoms with Crippen molar-refractivity contribution >= 4 is 5.97 Å². The van der Waals surface area contributed by atoms with E-state index in [1.54, 1.807) is 22.9 Å². The van der Waals surface area contributed by atoms with Gasteiger partial charge in [0.05, 0.1) is 17.4 Å². The highest BCUT2D eigenvalue weighted by molar-refractivity contribution is 5.88. The molecule has 1 aromatic heterocycles. The molecule has 23 heavy (non-hydrogen) atoms. The van der Waals surface area contributed by atoms with Gasteiger partial charge in [0, 0.05) is 5.56 Å². The summed E-state index contributed by atoms with van der Waals surface area (Å²) in [5.74, 6) is -0.957. The maximum absolute atomic E-state index is 11.2. The minimum absolute atomic E-state index is 0.231. The Morgan fingerprint density at radius 1 is 1.04 bits per heavy atom. The maximum atomic E-state index is 11.2. The highest BCUT2D eigenvalue weighted by Crippen LogP contribution is 2.24. The zero-order valence-electron chi connectivity index (χ0n) is 13.2. The van der Waals surface area contributed by atoms with Gasteiger partial charge in [-0.3, -0.25) is 0 Å². The Balaban J connectivity index is 2.07. The van der Waals surface area contributed by atoms with Crippen LogP contribution in [0.15, 0.2) is 42.6 Å². The SMILES string of the molecule is Cc1ccc(C)c(-c2cn(-c3cc(C(=O)O)ccc3C)nn2)c1. The first-order chi connectivity index (χ1) is 11.0. The lowest BCUT2D eigenvalue weighted by atomic mass is 10.0. The van der Waals surface area contributed by atoms with Crippen LogP contribution >= 0.6 is 0 Å². The van der Waals surface area contributed by atoms with E-state index in [0.29, 0.717) is 5.69 Å². The van der Waals surface area contributed by atoms with Crippen LogP contribution in [0.2, 0.25) is 0 Å². The molecule has 0 radical (unpaired) electrons. The van der Waals surface area contributed by atoms with Crippen molar-refractivity contribution < 1.29 is 9.90 Å². The summed E-state index contributed by atoms with van der Waals surface area (Å²) in [5.41, 5.74) is 5.97. The summed E-state index contributed by atoms with van der Waals surface area (Å²) in [5, 5.41) is 17.6. The highest BCUT2D eigenvalue weighted by Gasteiger charge is 2.12. The van der Waals surface area contributed by atoms with Crippen LogP contribution in [0.1, 0.15) is 27.0 Å². The lowest BCUT2D eigenvalue weighted by Crippen LogP contribution is -2.02. The van der Waals surface area contributed by atoms with Crippen LogP contribution < -0.4 is 0 Å². The summed E-state index contributed by atoms with van der Waals surface area (Å²) in [7, 11) is 0. The molecule has 0 spiro atoms. The second kappa shape index (κ2) is 5.68. The quantitative estimate of drug-likeness (QED) is 0.803. The number of carbonyl (C=O) groups is 1. The van der Waals surface area contributed by atoms with Gasteiger partial charge in [0.25, 0.3) is 0 Å². The van der Waals surface area contributed by atoms with E-state index in [1.807, 2.05) is 27.0 Å². The normalized spacial score (nSPS) is 10.7. The fourth-order valence-electron chi connectivity index (χ4n) is 2.51. The molecule has 0 aliphatic heterocycles. The third-order valence-electron chi connectivity index (χ3n) is 3.87. The van der Waals surface area contributed by atoms with Crippen LogP contribution in [0, 0.1) is 20.8 Å². The number of hydrogen-bond acceptors (Lipinski definition) is 3. The first-order valence-electron chi connectivity index (χ1n) is 7.30. The second-order valence-corrected chi connectivity index (χ2v) is 5.67. The van der Waals surface area contributed by atoms with Gasteiger partial charge in [-0.05, 0) is 50.1 Å². The van der Waals surface area contributed by atoms with Gasteiger partial charge in [0.15, 0.2) is 0 Å². The van der Waals surface area contributed by atoms with Crippen LogP contribution in [0.3, 0.4) is 0 Å². The topological polar surface area (TPSA) is 68.0 Å². The average Bonchev–Trinajstić information content (AvgIpc) is 2.99. The summed E-state index contributed by atoms with van der Waals surface area (Å²) in [4.78, 5) is 11.2. The van der Waals surface area contributed by atoms with Crippen LogP contribution in [-0.2, 0) is 0 Å². The van der Waals surface area contributed by atoms with Crippen LogP contribution in [0.4, 0.5) is 0 Å². The molecule has 116 valence electrons. The largest absolute Gasteiger partial charge is 0.478 e. The molecule has 0 amide bonds. The van der Waals surface area contributed by atoms with Crippen LogP contribution in [0.25, 0.3) is 16.9 Å². The molecular formula is C18H17N3O2. The van der Waals surface area contributed by atoms with E-state index in [4.69, 9.17) is 5.11 Å². The third-order valence-corrected chi connectivity index (χ3v) is 3.87. The van der Waals surface area contributed by atoms with Gasteiger partial charge in [-0.2, -0.15) is 0 Å². The van der Waals surface area contributed by atoms with Crippen molar-refractivity contribution in [2.75, 3.05) is 0 Å². The average molecular weight is 307 g/mol. The van der Waals surface area contributed by atoms with Crippen LogP contribution in [0.5, 0.6) is 0 Å². The molecule has 5 nitrogen and oxygen atoms in total. The Morgan fingerprint density at radius 2 is 1.78 bits per heavy atom. The fourth-order valence-corrected chi connectivity index (χ4v) is 2.51. The smallest absolute Gasteiger partial charge is 0.335 e. The summed E-state index contributed by atoms with van der Waals surface area (Å²) >= 11 is 0. The number of nitrogens with zero attached hydrogens (tertiary/aromatic N) is 3. The first kappa shape index (κ1) is 15.0. The number of aryl methyl sites for hydroxylation is 3. The van der Waals surface area contributed by atoms with E-state index in [-0.39, 0.29) is 5.56 Å². The molecule has 2 aromatic carbocycles. The molecule has 0 aliphatic rings. The highest BCUT2D eigenvalue weighted by atomic mass is 16.4. The van der Waals surface area contributed by atoms with Gasteiger partial charge < -0.3 is 5.11 Å². The Hall–Kier alpha value is -2.95. The molecule has 1 heterocycles. The van der Waals surface area contributed by atoms with E-state index >= 15 is 0 Å². The van der Waals surface area contributed by atoms with Gasteiger partial charge in [-0.15, -0.1) is 5.10 Å².